The van der Waals surface area contributed by atoms with Gasteiger partial charge in [-0.05, 0) is 36.1 Å². The fourth-order valence-corrected chi connectivity index (χ4v) is 2.18. The largest absolute Gasteiger partial charge is 0.324 e. The number of hydrogen-bond donors (Lipinski definition) is 1. The molecule has 1 atom stereocenters. The first-order valence-corrected chi connectivity index (χ1v) is 5.62. The van der Waals surface area contributed by atoms with E-state index in [4.69, 9.17) is 28.9 Å². The molecule has 0 spiro atoms. The third-order valence-corrected chi connectivity index (χ3v) is 3.03. The number of halogens is 3. The molecule has 4 heteroatoms. The van der Waals surface area contributed by atoms with Gasteiger partial charge in [-0.2, -0.15) is 0 Å². The molecule has 1 aromatic carbocycles. The zero-order valence-corrected chi connectivity index (χ0v) is 10.6. The van der Waals surface area contributed by atoms with Crippen LogP contribution in [0, 0.1) is 5.92 Å². The van der Waals surface area contributed by atoms with Gasteiger partial charge in [-0.1, -0.05) is 36.0 Å². The van der Waals surface area contributed by atoms with Crippen molar-refractivity contribution in [2.45, 2.75) is 25.3 Å². The minimum Gasteiger partial charge on any atom is -0.324 e. The number of rotatable bonds is 3. The van der Waals surface area contributed by atoms with Gasteiger partial charge >= 0.3 is 0 Å². The summed E-state index contributed by atoms with van der Waals surface area (Å²) >= 11 is 11.8. The Balaban J connectivity index is 0.00000112. The molecule has 0 saturated heterocycles. The Morgan fingerprint density at radius 3 is 2.20 bits per heavy atom. The Kier molecular flexibility index (Phi) is 4.72. The predicted molar refractivity (Wildman–Crippen MR) is 68.0 cm³/mol. The lowest BCUT2D eigenvalue weighted by molar-refractivity contribution is 0.597. The molecule has 0 radical (unpaired) electrons. The monoisotopic (exact) mass is 265 g/mol. The van der Waals surface area contributed by atoms with Crippen LogP contribution in [0.4, 0.5) is 0 Å². The van der Waals surface area contributed by atoms with Crippen LogP contribution in [0.5, 0.6) is 0 Å². The van der Waals surface area contributed by atoms with Crippen molar-refractivity contribution in [1.82, 2.24) is 0 Å². The SMILES string of the molecule is Cl.N[C@@H](CC1CC1)c1cc(Cl)cc(Cl)c1. The zero-order valence-electron chi connectivity index (χ0n) is 8.25. The van der Waals surface area contributed by atoms with Gasteiger partial charge in [0.05, 0.1) is 0 Å². The Hall–Kier alpha value is 0.0500. The Bertz CT molecular complexity index is 316. The van der Waals surface area contributed by atoms with Crippen LogP contribution in [0.25, 0.3) is 0 Å². The summed E-state index contributed by atoms with van der Waals surface area (Å²) in [5.41, 5.74) is 7.11. The lowest BCUT2D eigenvalue weighted by Crippen LogP contribution is -2.10. The van der Waals surface area contributed by atoms with Crippen LogP contribution in [-0.4, -0.2) is 0 Å². The molecule has 84 valence electrons. The van der Waals surface area contributed by atoms with Crippen LogP contribution >= 0.6 is 35.6 Å². The van der Waals surface area contributed by atoms with Gasteiger partial charge in [-0.3, -0.25) is 0 Å². The first-order valence-electron chi connectivity index (χ1n) is 4.87. The van der Waals surface area contributed by atoms with Crippen LogP contribution < -0.4 is 5.73 Å². The van der Waals surface area contributed by atoms with Crippen molar-refractivity contribution in [2.75, 3.05) is 0 Å². The summed E-state index contributed by atoms with van der Waals surface area (Å²) in [7, 11) is 0. The summed E-state index contributed by atoms with van der Waals surface area (Å²) in [4.78, 5) is 0. The maximum atomic E-state index is 6.06. The van der Waals surface area contributed by atoms with Gasteiger partial charge in [0.2, 0.25) is 0 Å². The molecule has 1 fully saturated rings. The molecule has 1 aromatic rings. The van der Waals surface area contributed by atoms with Gasteiger partial charge in [0, 0.05) is 16.1 Å². The topological polar surface area (TPSA) is 26.0 Å². The van der Waals surface area contributed by atoms with E-state index in [9.17, 15) is 0 Å². The highest BCUT2D eigenvalue weighted by atomic mass is 35.5. The second-order valence-corrected chi connectivity index (χ2v) is 4.86. The van der Waals surface area contributed by atoms with Gasteiger partial charge < -0.3 is 5.73 Å². The van der Waals surface area contributed by atoms with E-state index in [2.05, 4.69) is 0 Å². The summed E-state index contributed by atoms with van der Waals surface area (Å²) in [5.74, 6) is 0.822. The fourth-order valence-electron chi connectivity index (χ4n) is 1.64. The molecule has 0 heterocycles. The standard InChI is InChI=1S/C11H13Cl2N.ClH/c12-9-4-8(5-10(13)6-9)11(14)3-7-1-2-7;/h4-7,11H,1-3,14H2;1H/t11-;/m0./s1. The molecule has 15 heavy (non-hydrogen) atoms. The van der Waals surface area contributed by atoms with E-state index in [-0.39, 0.29) is 18.4 Å². The predicted octanol–water partition coefficient (Wildman–Crippen LogP) is 4.22. The van der Waals surface area contributed by atoms with E-state index in [1.54, 1.807) is 6.07 Å². The maximum absolute atomic E-state index is 6.06. The van der Waals surface area contributed by atoms with Crippen molar-refractivity contribution in [1.29, 1.82) is 0 Å². The molecule has 2 rings (SSSR count). The van der Waals surface area contributed by atoms with E-state index in [1.807, 2.05) is 12.1 Å². The van der Waals surface area contributed by atoms with Crippen LogP contribution in [-0.2, 0) is 0 Å². The molecule has 0 unspecified atom stereocenters. The van der Waals surface area contributed by atoms with Gasteiger partial charge in [0.15, 0.2) is 0 Å². The van der Waals surface area contributed by atoms with Crippen molar-refractivity contribution in [3.8, 4) is 0 Å². The van der Waals surface area contributed by atoms with E-state index in [0.29, 0.717) is 10.0 Å². The van der Waals surface area contributed by atoms with E-state index in [0.717, 1.165) is 17.9 Å². The summed E-state index contributed by atoms with van der Waals surface area (Å²) in [6.45, 7) is 0. The second-order valence-electron chi connectivity index (χ2n) is 3.99. The normalized spacial score (nSPS) is 17.0. The zero-order chi connectivity index (χ0) is 10.1. The van der Waals surface area contributed by atoms with E-state index in [1.165, 1.54) is 12.8 Å². The Morgan fingerprint density at radius 1 is 1.20 bits per heavy atom. The highest BCUT2D eigenvalue weighted by Gasteiger charge is 2.24. The summed E-state index contributed by atoms with van der Waals surface area (Å²) < 4.78 is 0. The van der Waals surface area contributed by atoms with Gasteiger partial charge in [-0.15, -0.1) is 12.4 Å². The molecule has 1 aliphatic carbocycles. The average molecular weight is 267 g/mol. The van der Waals surface area contributed by atoms with Gasteiger partial charge in [0.1, 0.15) is 0 Å². The van der Waals surface area contributed by atoms with Gasteiger partial charge in [-0.25, -0.2) is 0 Å². The molecule has 0 aromatic heterocycles. The van der Waals surface area contributed by atoms with Crippen molar-refractivity contribution < 1.29 is 0 Å². The van der Waals surface area contributed by atoms with Gasteiger partial charge in [0.25, 0.3) is 0 Å². The summed E-state index contributed by atoms with van der Waals surface area (Å²) in [5, 5.41) is 1.33. The van der Waals surface area contributed by atoms with Crippen molar-refractivity contribution >= 4 is 35.6 Å². The molecular weight excluding hydrogens is 252 g/mol. The molecule has 0 aliphatic heterocycles. The Labute approximate surface area is 106 Å². The third kappa shape index (κ3) is 3.84. The minimum absolute atomic E-state index is 0. The minimum atomic E-state index is 0. The van der Waals surface area contributed by atoms with Crippen LogP contribution in [0.3, 0.4) is 0 Å². The van der Waals surface area contributed by atoms with E-state index < -0.39 is 0 Å². The molecule has 1 nitrogen and oxygen atoms in total. The molecule has 2 N–H and O–H groups in total. The molecule has 1 saturated carbocycles. The smallest absolute Gasteiger partial charge is 0.0424 e. The molecule has 0 amide bonds. The van der Waals surface area contributed by atoms with Crippen LogP contribution in [0.15, 0.2) is 18.2 Å². The van der Waals surface area contributed by atoms with Crippen LogP contribution in [0.1, 0.15) is 30.9 Å². The first kappa shape index (κ1) is 13.1. The van der Waals surface area contributed by atoms with Crippen molar-refractivity contribution in [3.63, 3.8) is 0 Å². The summed E-state index contributed by atoms with van der Waals surface area (Å²) in [6, 6.07) is 5.62. The lowest BCUT2D eigenvalue weighted by atomic mass is 10.0. The third-order valence-electron chi connectivity index (χ3n) is 2.60. The van der Waals surface area contributed by atoms with Crippen molar-refractivity contribution in [3.05, 3.63) is 33.8 Å². The van der Waals surface area contributed by atoms with E-state index >= 15 is 0 Å². The maximum Gasteiger partial charge on any atom is 0.0424 e. The van der Waals surface area contributed by atoms with Crippen molar-refractivity contribution in [2.24, 2.45) is 11.7 Å². The second kappa shape index (κ2) is 5.40. The number of hydrogen-bond acceptors (Lipinski definition) is 1. The lowest BCUT2D eigenvalue weighted by Gasteiger charge is -2.12. The highest BCUT2D eigenvalue weighted by Crippen LogP contribution is 2.37. The fraction of sp³-hybridized carbons (Fsp3) is 0.455. The number of benzene rings is 1. The molecule has 1 aliphatic rings. The molecule has 0 bridgehead atoms. The Morgan fingerprint density at radius 2 is 1.73 bits per heavy atom. The number of nitrogens with two attached hydrogens (primary N) is 1. The molecular formula is C11H14Cl3N. The first-order chi connectivity index (χ1) is 6.65. The summed E-state index contributed by atoms with van der Waals surface area (Å²) in [6.07, 6.45) is 3.70. The highest BCUT2D eigenvalue weighted by molar-refractivity contribution is 6.34. The van der Waals surface area contributed by atoms with Crippen LogP contribution in [0.2, 0.25) is 10.0 Å². The quantitative estimate of drug-likeness (QED) is 0.871. The average Bonchev–Trinajstić information content (AvgIpc) is 2.86.